The fourth-order valence-corrected chi connectivity index (χ4v) is 8.92. The van der Waals surface area contributed by atoms with Crippen LogP contribution >= 0.6 is 0 Å². The lowest BCUT2D eigenvalue weighted by atomic mass is 10.0. The predicted octanol–water partition coefficient (Wildman–Crippen LogP) is 22.2. The van der Waals surface area contributed by atoms with E-state index in [0.717, 1.165) is 116 Å². The van der Waals surface area contributed by atoms with Crippen LogP contribution < -0.4 is 0 Å². The Kier molecular flexibility index (Phi) is 61.3. The molecule has 0 aliphatic rings. The molecule has 6 nitrogen and oxygen atoms in total. The maximum Gasteiger partial charge on any atom is 0.306 e. The molecule has 0 saturated carbocycles. The highest BCUT2D eigenvalue weighted by Gasteiger charge is 2.19. The van der Waals surface area contributed by atoms with Crippen molar-refractivity contribution in [3.8, 4) is 0 Å². The summed E-state index contributed by atoms with van der Waals surface area (Å²) in [7, 11) is 0. The molecule has 0 aliphatic heterocycles. The van der Waals surface area contributed by atoms with Crippen molar-refractivity contribution >= 4 is 17.9 Å². The molecule has 0 saturated heterocycles. The Morgan fingerprint density at radius 1 is 0.273 bits per heavy atom. The zero-order valence-corrected chi connectivity index (χ0v) is 50.4. The minimum Gasteiger partial charge on any atom is -0.462 e. The molecule has 0 heterocycles. The molecule has 1 atom stereocenters. The minimum absolute atomic E-state index is 0.0798. The number of hydrogen-bond acceptors (Lipinski definition) is 6. The Balaban J connectivity index is 4.14. The van der Waals surface area contributed by atoms with E-state index in [1.165, 1.54) is 148 Å². The second-order valence-corrected chi connectivity index (χ2v) is 21.3. The molecule has 0 aromatic carbocycles. The van der Waals surface area contributed by atoms with Gasteiger partial charge in [0.05, 0.1) is 0 Å². The largest absolute Gasteiger partial charge is 0.462 e. The molecule has 440 valence electrons. The van der Waals surface area contributed by atoms with Crippen molar-refractivity contribution in [2.45, 2.75) is 309 Å². The van der Waals surface area contributed by atoms with Crippen LogP contribution in [0.2, 0.25) is 0 Å². The van der Waals surface area contributed by atoms with E-state index in [-0.39, 0.29) is 31.1 Å². The fraction of sp³-hybridized carbons (Fsp3) is 0.704. The topological polar surface area (TPSA) is 78.9 Å². The van der Waals surface area contributed by atoms with Gasteiger partial charge in [0.2, 0.25) is 0 Å². The van der Waals surface area contributed by atoms with Crippen LogP contribution in [-0.4, -0.2) is 37.2 Å². The number of hydrogen-bond donors (Lipinski definition) is 0. The van der Waals surface area contributed by atoms with E-state index >= 15 is 0 Å². The van der Waals surface area contributed by atoms with Gasteiger partial charge in [0.15, 0.2) is 6.10 Å². The fourth-order valence-electron chi connectivity index (χ4n) is 8.92. The van der Waals surface area contributed by atoms with Gasteiger partial charge in [-0.25, -0.2) is 0 Å². The van der Waals surface area contributed by atoms with Crippen molar-refractivity contribution in [3.63, 3.8) is 0 Å². The molecule has 0 bridgehead atoms. The van der Waals surface area contributed by atoms with Crippen LogP contribution in [0, 0.1) is 0 Å². The number of carbonyl (C=O) groups excluding carboxylic acids is 3. The normalized spacial score (nSPS) is 12.8. The summed E-state index contributed by atoms with van der Waals surface area (Å²) in [5.41, 5.74) is 0. The minimum atomic E-state index is -0.781. The van der Waals surface area contributed by atoms with E-state index in [2.05, 4.69) is 130 Å². The number of esters is 3. The first kappa shape index (κ1) is 73.1. The first-order valence-electron chi connectivity index (χ1n) is 32.4. The second kappa shape index (κ2) is 64.6. The van der Waals surface area contributed by atoms with Crippen LogP contribution in [0.5, 0.6) is 0 Å². The summed E-state index contributed by atoms with van der Waals surface area (Å²) in [5, 5.41) is 0. The smallest absolute Gasteiger partial charge is 0.306 e. The van der Waals surface area contributed by atoms with Gasteiger partial charge in [-0.3, -0.25) is 14.4 Å². The van der Waals surface area contributed by atoms with Gasteiger partial charge in [-0.2, -0.15) is 0 Å². The molecule has 0 aromatic heterocycles. The summed E-state index contributed by atoms with van der Waals surface area (Å²) in [4.78, 5) is 38.1. The average molecular weight is 1070 g/mol. The van der Waals surface area contributed by atoms with Crippen molar-refractivity contribution in [2.24, 2.45) is 0 Å². The summed E-state index contributed by atoms with van der Waals surface area (Å²) >= 11 is 0. The quantitative estimate of drug-likeness (QED) is 0.0261. The van der Waals surface area contributed by atoms with Gasteiger partial charge in [-0.1, -0.05) is 284 Å². The second-order valence-electron chi connectivity index (χ2n) is 21.3. The highest BCUT2D eigenvalue weighted by Crippen LogP contribution is 2.16. The molecular formula is C71H120O6. The van der Waals surface area contributed by atoms with Gasteiger partial charge in [-0.15, -0.1) is 0 Å². The van der Waals surface area contributed by atoms with E-state index in [0.29, 0.717) is 19.3 Å². The van der Waals surface area contributed by atoms with E-state index in [4.69, 9.17) is 14.2 Å². The van der Waals surface area contributed by atoms with E-state index in [9.17, 15) is 14.4 Å². The van der Waals surface area contributed by atoms with Gasteiger partial charge >= 0.3 is 17.9 Å². The Morgan fingerprint density at radius 2 is 0.506 bits per heavy atom. The Bertz CT molecular complexity index is 1560. The predicted molar refractivity (Wildman–Crippen MR) is 334 cm³/mol. The molecule has 1 unspecified atom stereocenters. The molecule has 0 N–H and O–H groups in total. The van der Waals surface area contributed by atoms with Crippen molar-refractivity contribution < 1.29 is 28.6 Å². The zero-order valence-electron chi connectivity index (χ0n) is 50.4. The van der Waals surface area contributed by atoms with E-state index in [1.807, 2.05) is 0 Å². The van der Waals surface area contributed by atoms with Gasteiger partial charge in [0, 0.05) is 19.3 Å². The molecule has 0 spiro atoms. The van der Waals surface area contributed by atoms with Crippen LogP contribution in [0.4, 0.5) is 0 Å². The third-order valence-electron chi connectivity index (χ3n) is 13.8. The summed E-state index contributed by atoms with van der Waals surface area (Å²) in [6.45, 7) is 6.49. The highest BCUT2D eigenvalue weighted by molar-refractivity contribution is 5.71. The molecule has 0 rings (SSSR count). The Labute approximate surface area is 476 Å². The summed E-state index contributed by atoms with van der Waals surface area (Å²) < 4.78 is 16.8. The highest BCUT2D eigenvalue weighted by atomic mass is 16.6. The molecule has 0 aliphatic carbocycles. The van der Waals surface area contributed by atoms with Crippen LogP contribution in [0.25, 0.3) is 0 Å². The van der Waals surface area contributed by atoms with Gasteiger partial charge in [-0.05, 0) is 109 Å². The molecule has 0 radical (unpaired) electrons. The third-order valence-corrected chi connectivity index (χ3v) is 13.8. The van der Waals surface area contributed by atoms with Crippen LogP contribution in [0.1, 0.15) is 303 Å². The zero-order chi connectivity index (χ0) is 55.7. The Morgan fingerprint density at radius 3 is 0.805 bits per heavy atom. The first-order valence-corrected chi connectivity index (χ1v) is 32.4. The summed E-state index contributed by atoms with van der Waals surface area (Å²) in [6.07, 6.45) is 88.3. The lowest BCUT2D eigenvalue weighted by Gasteiger charge is -2.18. The summed E-state index contributed by atoms with van der Waals surface area (Å²) in [6, 6.07) is 0. The van der Waals surface area contributed by atoms with Gasteiger partial charge in [0.1, 0.15) is 13.2 Å². The van der Waals surface area contributed by atoms with Crippen LogP contribution in [0.3, 0.4) is 0 Å². The third kappa shape index (κ3) is 62.8. The van der Waals surface area contributed by atoms with Crippen molar-refractivity contribution in [3.05, 3.63) is 109 Å². The van der Waals surface area contributed by atoms with Gasteiger partial charge < -0.3 is 14.2 Å². The summed E-state index contributed by atoms with van der Waals surface area (Å²) in [5.74, 6) is -0.888. The van der Waals surface area contributed by atoms with Crippen LogP contribution in [0.15, 0.2) is 109 Å². The lowest BCUT2D eigenvalue weighted by Crippen LogP contribution is -2.30. The van der Waals surface area contributed by atoms with Crippen molar-refractivity contribution in [1.82, 2.24) is 0 Å². The molecule has 6 heteroatoms. The van der Waals surface area contributed by atoms with Gasteiger partial charge in [0.25, 0.3) is 0 Å². The number of rotatable bonds is 58. The maximum atomic E-state index is 12.9. The monoisotopic (exact) mass is 1070 g/mol. The number of unbranched alkanes of at least 4 members (excludes halogenated alkanes) is 29. The number of ether oxygens (including phenoxy) is 3. The standard InChI is InChI=1S/C71H120O6/c1-4-7-10-13-16-19-21-23-25-27-29-30-31-32-33-34-35-36-37-38-39-40-41-42-43-45-46-48-50-52-55-58-61-64-70(73)76-67-68(66-75-69(72)63-60-57-54-18-15-12-9-6-3)77-71(74)65-62-59-56-53-51-49-47-44-28-26-24-22-20-17-14-11-8-5-2/h7,10,16,19-20,22-23,25-26,28-30,32-33,35-36,38-39,68H,4-6,8-9,11-15,17-18,21,24,27,31,34,37,40-67H2,1-3H3/b10-7-,19-16-,22-20-,25-23-,28-26-,30-29-,33-32-,36-35-,39-38-. The lowest BCUT2D eigenvalue weighted by molar-refractivity contribution is -0.167. The average Bonchev–Trinajstić information content (AvgIpc) is 3.43. The number of allylic oxidation sites excluding steroid dienone is 18. The molecular weight excluding hydrogens is 949 g/mol. The first-order chi connectivity index (χ1) is 38.0. The van der Waals surface area contributed by atoms with E-state index in [1.54, 1.807) is 0 Å². The van der Waals surface area contributed by atoms with Crippen molar-refractivity contribution in [1.29, 1.82) is 0 Å². The Hall–Kier alpha value is -3.93. The number of carbonyl (C=O) groups is 3. The maximum absolute atomic E-state index is 12.9. The van der Waals surface area contributed by atoms with Crippen LogP contribution in [-0.2, 0) is 28.6 Å². The van der Waals surface area contributed by atoms with E-state index < -0.39 is 6.10 Å². The SMILES string of the molecule is CC/C=C\C/C=C\C/C=C\C/C=C\C/C=C\C/C=C\C/C=C\CCCCCCCCCCCCCC(=O)OCC(COC(=O)CCCCCCCCCC)OC(=O)CCCCCCCCC/C=C\C/C=C\CCCCCC. The molecule has 0 aromatic rings. The molecule has 0 fully saturated rings. The molecule has 0 amide bonds. The molecule has 77 heavy (non-hydrogen) atoms. The van der Waals surface area contributed by atoms with Crippen molar-refractivity contribution in [2.75, 3.05) is 13.2 Å².